The zero-order valence-corrected chi connectivity index (χ0v) is 14.6. The molecule has 0 amide bonds. The summed E-state index contributed by atoms with van der Waals surface area (Å²) in [5.41, 5.74) is 5.09. The molecule has 1 aromatic heterocycles. The maximum absolute atomic E-state index is 6.23. The fourth-order valence-electron chi connectivity index (χ4n) is 3.38. The molecule has 2 heteroatoms. The largest absolute Gasteiger partial charge is 0.497 e. The van der Waals surface area contributed by atoms with Crippen molar-refractivity contribution in [3.8, 4) is 5.75 Å². The van der Waals surface area contributed by atoms with E-state index in [2.05, 4.69) is 39.0 Å². The number of hydrogen-bond acceptors (Lipinski definition) is 2. The average molecular weight is 310 g/mol. The number of fused-ring (bicyclic) bond motifs is 3. The summed E-state index contributed by atoms with van der Waals surface area (Å²) >= 11 is 0. The van der Waals surface area contributed by atoms with Crippen LogP contribution in [0.4, 0.5) is 0 Å². The van der Waals surface area contributed by atoms with Gasteiger partial charge in [0.05, 0.1) is 7.11 Å². The van der Waals surface area contributed by atoms with Gasteiger partial charge in [-0.1, -0.05) is 24.6 Å². The van der Waals surface area contributed by atoms with Gasteiger partial charge in [-0.05, 0) is 63.3 Å². The molecule has 0 spiro atoms. The molecule has 122 valence electrons. The standard InChI is InChI=1S/C21H26O2/c1-14(2)7-5-9-16-10-6-8-15(3)21-20(16)18-13-17(22-4)11-12-19(18)23-21/h7,10-13,15H,5-6,8-9H2,1-4H3/t15-/m1/s1. The molecule has 0 bridgehead atoms. The zero-order chi connectivity index (χ0) is 16.4. The monoisotopic (exact) mass is 310 g/mol. The summed E-state index contributed by atoms with van der Waals surface area (Å²) in [6.45, 7) is 6.59. The van der Waals surface area contributed by atoms with E-state index in [-0.39, 0.29) is 0 Å². The second kappa shape index (κ2) is 6.66. The van der Waals surface area contributed by atoms with Gasteiger partial charge in [-0.15, -0.1) is 0 Å². The molecule has 0 radical (unpaired) electrons. The lowest BCUT2D eigenvalue weighted by Crippen LogP contribution is -1.93. The number of hydrogen-bond donors (Lipinski definition) is 0. The van der Waals surface area contributed by atoms with Crippen LogP contribution in [0.5, 0.6) is 5.75 Å². The summed E-state index contributed by atoms with van der Waals surface area (Å²) < 4.78 is 11.6. The van der Waals surface area contributed by atoms with E-state index in [0.29, 0.717) is 5.92 Å². The fourth-order valence-corrected chi connectivity index (χ4v) is 3.38. The molecule has 1 aromatic carbocycles. The second-order valence-electron chi connectivity index (χ2n) is 6.73. The maximum Gasteiger partial charge on any atom is 0.135 e. The van der Waals surface area contributed by atoms with Crippen molar-refractivity contribution in [2.75, 3.05) is 7.11 Å². The van der Waals surface area contributed by atoms with Crippen molar-refractivity contribution in [3.63, 3.8) is 0 Å². The first-order valence-electron chi connectivity index (χ1n) is 8.53. The van der Waals surface area contributed by atoms with Gasteiger partial charge in [0.15, 0.2) is 0 Å². The first-order valence-corrected chi connectivity index (χ1v) is 8.53. The van der Waals surface area contributed by atoms with Crippen molar-refractivity contribution >= 4 is 16.5 Å². The number of benzene rings is 1. The Bertz CT molecular complexity index is 757. The summed E-state index contributed by atoms with van der Waals surface area (Å²) in [6, 6.07) is 6.12. The molecule has 0 N–H and O–H groups in total. The van der Waals surface area contributed by atoms with Gasteiger partial charge < -0.3 is 9.15 Å². The third-order valence-corrected chi connectivity index (χ3v) is 4.65. The van der Waals surface area contributed by atoms with E-state index in [1.807, 2.05) is 12.1 Å². The third kappa shape index (κ3) is 3.21. The van der Waals surface area contributed by atoms with Crippen LogP contribution in [-0.4, -0.2) is 7.11 Å². The Morgan fingerprint density at radius 1 is 1.35 bits per heavy atom. The van der Waals surface area contributed by atoms with E-state index in [9.17, 15) is 0 Å². The highest BCUT2D eigenvalue weighted by molar-refractivity contribution is 5.94. The van der Waals surface area contributed by atoms with Crippen molar-refractivity contribution in [1.29, 1.82) is 0 Å². The van der Waals surface area contributed by atoms with Gasteiger partial charge >= 0.3 is 0 Å². The molecule has 1 atom stereocenters. The van der Waals surface area contributed by atoms with Gasteiger partial charge in [0.25, 0.3) is 0 Å². The van der Waals surface area contributed by atoms with Crippen molar-refractivity contribution in [1.82, 2.24) is 0 Å². The highest BCUT2D eigenvalue weighted by atomic mass is 16.5. The van der Waals surface area contributed by atoms with Crippen LogP contribution in [0.2, 0.25) is 0 Å². The molecular weight excluding hydrogens is 284 g/mol. The van der Waals surface area contributed by atoms with Crippen LogP contribution in [-0.2, 0) is 0 Å². The van der Waals surface area contributed by atoms with Gasteiger partial charge in [-0.3, -0.25) is 0 Å². The summed E-state index contributed by atoms with van der Waals surface area (Å²) in [5.74, 6) is 2.50. The fraction of sp³-hybridized carbons (Fsp3) is 0.429. The van der Waals surface area contributed by atoms with Crippen LogP contribution in [0.3, 0.4) is 0 Å². The maximum atomic E-state index is 6.23. The first-order chi connectivity index (χ1) is 11.1. The van der Waals surface area contributed by atoms with Gasteiger partial charge in [0.1, 0.15) is 17.1 Å². The topological polar surface area (TPSA) is 22.4 Å². The highest BCUT2D eigenvalue weighted by Crippen LogP contribution is 2.42. The molecule has 1 aliphatic carbocycles. The Kier molecular flexibility index (Phi) is 4.61. The minimum Gasteiger partial charge on any atom is -0.497 e. The van der Waals surface area contributed by atoms with Gasteiger partial charge in [0, 0.05) is 16.9 Å². The van der Waals surface area contributed by atoms with Crippen molar-refractivity contribution < 1.29 is 9.15 Å². The molecule has 2 nitrogen and oxygen atoms in total. The number of ether oxygens (including phenoxy) is 1. The van der Waals surface area contributed by atoms with Gasteiger partial charge in [-0.2, -0.15) is 0 Å². The lowest BCUT2D eigenvalue weighted by atomic mass is 9.95. The van der Waals surface area contributed by atoms with E-state index in [4.69, 9.17) is 9.15 Å². The van der Waals surface area contributed by atoms with E-state index in [1.54, 1.807) is 7.11 Å². The molecular formula is C21H26O2. The molecule has 0 saturated carbocycles. The van der Waals surface area contributed by atoms with Crippen LogP contribution in [0.25, 0.3) is 16.5 Å². The van der Waals surface area contributed by atoms with Gasteiger partial charge in [-0.25, -0.2) is 0 Å². The van der Waals surface area contributed by atoms with Crippen LogP contribution in [0.1, 0.15) is 63.7 Å². The van der Waals surface area contributed by atoms with Crippen LogP contribution >= 0.6 is 0 Å². The van der Waals surface area contributed by atoms with Crippen LogP contribution < -0.4 is 4.74 Å². The normalized spacial score (nSPS) is 17.4. The van der Waals surface area contributed by atoms with Gasteiger partial charge in [0.2, 0.25) is 0 Å². The van der Waals surface area contributed by atoms with Crippen LogP contribution in [0.15, 0.2) is 40.3 Å². The molecule has 0 unspecified atom stereocenters. The summed E-state index contributed by atoms with van der Waals surface area (Å²) in [4.78, 5) is 0. The minimum atomic E-state index is 0.459. The van der Waals surface area contributed by atoms with Crippen LogP contribution in [0, 0.1) is 0 Å². The Hall–Kier alpha value is -1.96. The Morgan fingerprint density at radius 3 is 2.91 bits per heavy atom. The summed E-state index contributed by atoms with van der Waals surface area (Å²) in [7, 11) is 1.72. The molecule has 3 rings (SSSR count). The smallest absolute Gasteiger partial charge is 0.135 e. The number of methoxy groups -OCH3 is 1. The Morgan fingerprint density at radius 2 is 2.17 bits per heavy atom. The molecule has 0 saturated heterocycles. The number of rotatable bonds is 4. The highest BCUT2D eigenvalue weighted by Gasteiger charge is 2.24. The Labute approximate surface area is 138 Å². The quantitative estimate of drug-likeness (QED) is 0.604. The second-order valence-corrected chi connectivity index (χ2v) is 6.73. The van der Waals surface area contributed by atoms with Crippen molar-refractivity contribution in [2.24, 2.45) is 0 Å². The van der Waals surface area contributed by atoms with Crippen molar-refractivity contribution in [2.45, 2.75) is 52.4 Å². The predicted octanol–water partition coefficient (Wildman–Crippen LogP) is 6.47. The summed E-state index contributed by atoms with van der Waals surface area (Å²) in [6.07, 6.45) is 9.15. The molecule has 1 heterocycles. The van der Waals surface area contributed by atoms with E-state index >= 15 is 0 Å². The SMILES string of the molecule is COc1ccc2oc3c(c2c1)C(CCC=C(C)C)=CCC[C@H]3C. The first kappa shape index (κ1) is 15.9. The molecule has 1 aliphatic rings. The van der Waals surface area contributed by atoms with E-state index < -0.39 is 0 Å². The lowest BCUT2D eigenvalue weighted by molar-refractivity contribution is 0.415. The lowest BCUT2D eigenvalue weighted by Gasteiger charge is -2.08. The molecule has 23 heavy (non-hydrogen) atoms. The third-order valence-electron chi connectivity index (χ3n) is 4.65. The average Bonchev–Trinajstić information content (AvgIpc) is 2.84. The summed E-state index contributed by atoms with van der Waals surface area (Å²) in [5, 5.41) is 1.19. The minimum absolute atomic E-state index is 0.459. The van der Waals surface area contributed by atoms with Crippen molar-refractivity contribution in [3.05, 3.63) is 47.2 Å². The number of furan rings is 1. The van der Waals surface area contributed by atoms with E-state index in [1.165, 1.54) is 22.1 Å². The molecule has 0 fully saturated rings. The zero-order valence-electron chi connectivity index (χ0n) is 14.6. The van der Waals surface area contributed by atoms with E-state index in [0.717, 1.165) is 42.8 Å². The Balaban J connectivity index is 2.08. The molecule has 2 aromatic rings. The predicted molar refractivity (Wildman–Crippen MR) is 97.1 cm³/mol. The molecule has 0 aliphatic heterocycles. The number of allylic oxidation sites excluding steroid dienone is 4.